The third-order valence-corrected chi connectivity index (χ3v) is 3.45. The minimum atomic E-state index is -0.0635. The van der Waals surface area contributed by atoms with E-state index in [2.05, 4.69) is 5.32 Å². The molecular formula is C16H22N2O3. The van der Waals surface area contributed by atoms with Gasteiger partial charge in [-0.05, 0) is 31.5 Å². The molecule has 1 saturated heterocycles. The van der Waals surface area contributed by atoms with Crippen molar-refractivity contribution in [1.82, 2.24) is 10.2 Å². The molecule has 1 aromatic rings. The topological polar surface area (TPSA) is 58.6 Å². The van der Waals surface area contributed by atoms with Gasteiger partial charge in [-0.15, -0.1) is 0 Å². The zero-order valence-electron chi connectivity index (χ0n) is 12.8. The van der Waals surface area contributed by atoms with Crippen LogP contribution in [0.5, 0.6) is 0 Å². The SMILES string of the molecule is CC(=O)NCc1ccc(C(=O)N2C[C@@H](C)O[C@H](C)C2)cc1. The molecule has 114 valence electrons. The van der Waals surface area contributed by atoms with E-state index < -0.39 is 0 Å². The van der Waals surface area contributed by atoms with Gasteiger partial charge < -0.3 is 15.0 Å². The molecule has 0 aliphatic carbocycles. The molecule has 2 rings (SSSR count). The lowest BCUT2D eigenvalue weighted by Crippen LogP contribution is -2.48. The molecule has 2 amide bonds. The van der Waals surface area contributed by atoms with Crippen molar-refractivity contribution in [2.24, 2.45) is 0 Å². The smallest absolute Gasteiger partial charge is 0.254 e. The molecule has 5 heteroatoms. The molecule has 0 unspecified atom stereocenters. The van der Waals surface area contributed by atoms with Gasteiger partial charge in [0.05, 0.1) is 12.2 Å². The van der Waals surface area contributed by atoms with Crippen LogP contribution in [0.4, 0.5) is 0 Å². The second-order valence-electron chi connectivity index (χ2n) is 5.57. The van der Waals surface area contributed by atoms with Crippen molar-refractivity contribution in [3.05, 3.63) is 35.4 Å². The Morgan fingerprint density at radius 2 is 1.76 bits per heavy atom. The van der Waals surface area contributed by atoms with Crippen molar-refractivity contribution in [3.8, 4) is 0 Å². The number of morpholine rings is 1. The Morgan fingerprint density at radius 3 is 2.29 bits per heavy atom. The number of benzene rings is 1. The average molecular weight is 290 g/mol. The predicted octanol–water partition coefficient (Wildman–Crippen LogP) is 1.57. The van der Waals surface area contributed by atoms with Gasteiger partial charge in [-0.25, -0.2) is 0 Å². The fraction of sp³-hybridized carbons (Fsp3) is 0.500. The highest BCUT2D eigenvalue weighted by molar-refractivity contribution is 5.94. The van der Waals surface area contributed by atoms with Crippen LogP contribution in [-0.2, 0) is 16.1 Å². The maximum atomic E-state index is 12.5. The van der Waals surface area contributed by atoms with Gasteiger partial charge in [-0.1, -0.05) is 12.1 Å². The molecule has 0 aromatic heterocycles. The van der Waals surface area contributed by atoms with Crippen LogP contribution in [0.3, 0.4) is 0 Å². The minimum Gasteiger partial charge on any atom is -0.372 e. The molecule has 0 radical (unpaired) electrons. The second kappa shape index (κ2) is 6.72. The fourth-order valence-corrected chi connectivity index (χ4v) is 2.52. The number of carbonyl (C=O) groups is 2. The molecule has 1 aliphatic rings. The maximum Gasteiger partial charge on any atom is 0.254 e. The third-order valence-electron chi connectivity index (χ3n) is 3.45. The number of nitrogens with one attached hydrogen (secondary N) is 1. The first kappa shape index (κ1) is 15.5. The first-order valence-corrected chi connectivity index (χ1v) is 7.24. The number of carbonyl (C=O) groups excluding carboxylic acids is 2. The molecule has 21 heavy (non-hydrogen) atoms. The first-order chi connectivity index (χ1) is 9.95. The number of ether oxygens (including phenoxy) is 1. The van der Waals surface area contributed by atoms with E-state index in [1.165, 1.54) is 6.92 Å². The summed E-state index contributed by atoms with van der Waals surface area (Å²) in [6, 6.07) is 7.36. The Bertz CT molecular complexity index is 503. The van der Waals surface area contributed by atoms with Gasteiger partial charge in [-0.2, -0.15) is 0 Å². The number of amides is 2. The van der Waals surface area contributed by atoms with Crippen molar-refractivity contribution >= 4 is 11.8 Å². The summed E-state index contributed by atoms with van der Waals surface area (Å²) in [4.78, 5) is 25.2. The second-order valence-corrected chi connectivity index (χ2v) is 5.57. The maximum absolute atomic E-state index is 12.5. The van der Waals surface area contributed by atoms with Crippen molar-refractivity contribution in [2.75, 3.05) is 13.1 Å². The lowest BCUT2D eigenvalue weighted by molar-refractivity contribution is -0.119. The molecule has 1 fully saturated rings. The minimum absolute atomic E-state index is 0.0306. The Hall–Kier alpha value is -1.88. The van der Waals surface area contributed by atoms with Crippen LogP contribution in [0, 0.1) is 0 Å². The first-order valence-electron chi connectivity index (χ1n) is 7.24. The van der Waals surface area contributed by atoms with Gasteiger partial charge >= 0.3 is 0 Å². The van der Waals surface area contributed by atoms with Gasteiger partial charge in [0.15, 0.2) is 0 Å². The number of nitrogens with zero attached hydrogens (tertiary/aromatic N) is 1. The van der Waals surface area contributed by atoms with Crippen LogP contribution in [0.15, 0.2) is 24.3 Å². The summed E-state index contributed by atoms with van der Waals surface area (Å²) in [6.45, 7) is 7.17. The van der Waals surface area contributed by atoms with E-state index in [-0.39, 0.29) is 24.0 Å². The predicted molar refractivity (Wildman–Crippen MR) is 79.9 cm³/mol. The lowest BCUT2D eigenvalue weighted by Gasteiger charge is -2.35. The van der Waals surface area contributed by atoms with E-state index in [1.54, 1.807) is 0 Å². The highest BCUT2D eigenvalue weighted by atomic mass is 16.5. The fourth-order valence-electron chi connectivity index (χ4n) is 2.52. The zero-order chi connectivity index (χ0) is 15.4. The van der Waals surface area contributed by atoms with Crippen molar-refractivity contribution in [1.29, 1.82) is 0 Å². The van der Waals surface area contributed by atoms with Crippen LogP contribution in [0.25, 0.3) is 0 Å². The van der Waals surface area contributed by atoms with Crippen LogP contribution in [0.1, 0.15) is 36.7 Å². The highest BCUT2D eigenvalue weighted by Crippen LogP contribution is 2.15. The molecule has 2 atom stereocenters. The molecule has 5 nitrogen and oxygen atoms in total. The van der Waals surface area contributed by atoms with Crippen LogP contribution >= 0.6 is 0 Å². The van der Waals surface area contributed by atoms with Gasteiger partial charge in [0.1, 0.15) is 0 Å². The van der Waals surface area contributed by atoms with Crippen LogP contribution in [-0.4, -0.2) is 42.0 Å². The van der Waals surface area contributed by atoms with Crippen molar-refractivity contribution in [2.45, 2.75) is 39.5 Å². The summed E-state index contributed by atoms with van der Waals surface area (Å²) in [6.07, 6.45) is 0.133. The molecule has 0 bridgehead atoms. The summed E-state index contributed by atoms with van der Waals surface area (Å²) in [7, 11) is 0. The number of hydrogen-bond donors (Lipinski definition) is 1. The Kier molecular flexibility index (Phi) is 4.96. The summed E-state index contributed by atoms with van der Waals surface area (Å²) in [5.41, 5.74) is 1.65. The average Bonchev–Trinajstić information content (AvgIpc) is 2.44. The van der Waals surface area contributed by atoms with E-state index in [4.69, 9.17) is 4.74 Å². The number of rotatable bonds is 3. The van der Waals surface area contributed by atoms with E-state index in [0.717, 1.165) is 5.56 Å². The van der Waals surface area contributed by atoms with E-state index in [9.17, 15) is 9.59 Å². The lowest BCUT2D eigenvalue weighted by atomic mass is 10.1. The monoisotopic (exact) mass is 290 g/mol. The summed E-state index contributed by atoms with van der Waals surface area (Å²) in [5, 5.41) is 2.73. The summed E-state index contributed by atoms with van der Waals surface area (Å²) >= 11 is 0. The summed E-state index contributed by atoms with van der Waals surface area (Å²) in [5.74, 6) is -0.0329. The Balaban J connectivity index is 2.00. The molecule has 1 heterocycles. The Morgan fingerprint density at radius 1 is 1.19 bits per heavy atom. The van der Waals surface area contributed by atoms with Gasteiger partial charge in [0, 0.05) is 32.1 Å². The quantitative estimate of drug-likeness (QED) is 0.919. The summed E-state index contributed by atoms with van der Waals surface area (Å²) < 4.78 is 5.64. The highest BCUT2D eigenvalue weighted by Gasteiger charge is 2.26. The molecule has 1 N–H and O–H groups in total. The van der Waals surface area contributed by atoms with Crippen LogP contribution in [0.2, 0.25) is 0 Å². The molecule has 1 aliphatic heterocycles. The largest absolute Gasteiger partial charge is 0.372 e. The van der Waals surface area contributed by atoms with E-state index >= 15 is 0 Å². The number of hydrogen-bond acceptors (Lipinski definition) is 3. The molecule has 1 aromatic carbocycles. The van der Waals surface area contributed by atoms with E-state index in [1.807, 2.05) is 43.0 Å². The normalized spacial score (nSPS) is 22.0. The standard InChI is InChI=1S/C16H22N2O3/c1-11-9-18(10-12(2)21-11)16(20)15-6-4-14(5-7-15)8-17-13(3)19/h4-7,11-12H,8-10H2,1-3H3,(H,17,19)/t11-,12-/m1/s1. The molecule has 0 saturated carbocycles. The van der Waals surface area contributed by atoms with Crippen LogP contribution < -0.4 is 5.32 Å². The van der Waals surface area contributed by atoms with Crippen molar-refractivity contribution in [3.63, 3.8) is 0 Å². The van der Waals surface area contributed by atoms with Gasteiger partial charge in [0.2, 0.25) is 5.91 Å². The Labute approximate surface area is 125 Å². The van der Waals surface area contributed by atoms with Crippen molar-refractivity contribution < 1.29 is 14.3 Å². The van der Waals surface area contributed by atoms with E-state index in [0.29, 0.717) is 25.2 Å². The molecular weight excluding hydrogens is 268 g/mol. The van der Waals surface area contributed by atoms with Gasteiger partial charge in [-0.3, -0.25) is 9.59 Å². The third kappa shape index (κ3) is 4.29. The molecule has 0 spiro atoms. The zero-order valence-corrected chi connectivity index (χ0v) is 12.8. The van der Waals surface area contributed by atoms with Gasteiger partial charge in [0.25, 0.3) is 5.91 Å².